The summed E-state index contributed by atoms with van der Waals surface area (Å²) >= 11 is 0. The zero-order valence-corrected chi connectivity index (χ0v) is 10.3. The van der Waals surface area contributed by atoms with E-state index in [1.54, 1.807) is 19.2 Å². The Kier molecular flexibility index (Phi) is 3.57. The minimum Gasteiger partial charge on any atom is -0.493 e. The average molecular weight is 253 g/mol. The van der Waals surface area contributed by atoms with Crippen molar-refractivity contribution in [1.29, 1.82) is 0 Å². The minimum atomic E-state index is -0.708. The fourth-order valence-corrected chi connectivity index (χ4v) is 1.79. The van der Waals surface area contributed by atoms with Crippen molar-refractivity contribution in [3.63, 3.8) is 0 Å². The first-order valence-corrected chi connectivity index (χ1v) is 5.45. The third kappa shape index (κ3) is 2.33. The molecule has 1 heterocycles. The molecule has 6 heteroatoms. The molecular weight excluding hydrogens is 238 g/mol. The van der Waals surface area contributed by atoms with Crippen molar-refractivity contribution in [2.75, 3.05) is 21.0 Å². The van der Waals surface area contributed by atoms with Gasteiger partial charge in [0.25, 0.3) is 0 Å². The molecule has 0 fully saturated rings. The van der Waals surface area contributed by atoms with E-state index < -0.39 is 12.0 Å². The highest BCUT2D eigenvalue weighted by Crippen LogP contribution is 2.41. The molecule has 0 bridgehead atoms. The molecule has 2 rings (SSSR count). The normalized spacial score (nSPS) is 14.2. The molecule has 0 saturated heterocycles. The summed E-state index contributed by atoms with van der Waals surface area (Å²) in [6.45, 7) is 0.165. The van der Waals surface area contributed by atoms with Crippen molar-refractivity contribution in [3.05, 3.63) is 17.7 Å². The molecule has 1 aromatic rings. The number of hydrogen-bond donors (Lipinski definition) is 1. The quantitative estimate of drug-likeness (QED) is 0.785. The number of hydrogen-bond acceptors (Lipinski definition) is 6. The zero-order chi connectivity index (χ0) is 13.1. The summed E-state index contributed by atoms with van der Waals surface area (Å²) in [6.07, 6.45) is 0.347. The molecule has 1 atom stereocenters. The van der Waals surface area contributed by atoms with Gasteiger partial charge in [-0.05, 0) is 24.1 Å². The highest BCUT2D eigenvalue weighted by Gasteiger charge is 2.22. The van der Waals surface area contributed by atoms with Gasteiger partial charge in [0.2, 0.25) is 12.5 Å². The lowest BCUT2D eigenvalue weighted by Gasteiger charge is -2.11. The summed E-state index contributed by atoms with van der Waals surface area (Å²) in [5.41, 5.74) is 6.54. The van der Waals surface area contributed by atoms with Crippen LogP contribution in [0.25, 0.3) is 0 Å². The van der Waals surface area contributed by atoms with Crippen LogP contribution in [0.3, 0.4) is 0 Å². The van der Waals surface area contributed by atoms with Gasteiger partial charge in [-0.25, -0.2) is 0 Å². The molecule has 1 aromatic carbocycles. The standard InChI is InChI=1S/C12H15NO5/c1-15-9-4-7(3-8(13)12(14)16-2)5-10-11(9)18-6-17-10/h4-5,8H,3,6,13H2,1-2H3. The molecule has 0 aromatic heterocycles. The average Bonchev–Trinajstić information content (AvgIpc) is 2.84. The Balaban J connectivity index is 2.22. The third-order valence-corrected chi connectivity index (χ3v) is 2.68. The van der Waals surface area contributed by atoms with Gasteiger partial charge in [0, 0.05) is 0 Å². The molecule has 1 aliphatic heterocycles. The van der Waals surface area contributed by atoms with E-state index in [-0.39, 0.29) is 6.79 Å². The maximum absolute atomic E-state index is 11.3. The third-order valence-electron chi connectivity index (χ3n) is 2.68. The zero-order valence-electron chi connectivity index (χ0n) is 10.3. The van der Waals surface area contributed by atoms with E-state index in [9.17, 15) is 4.79 Å². The number of esters is 1. The number of rotatable bonds is 4. The fraction of sp³-hybridized carbons (Fsp3) is 0.417. The van der Waals surface area contributed by atoms with Crippen LogP contribution < -0.4 is 19.9 Å². The van der Waals surface area contributed by atoms with Crippen molar-refractivity contribution in [3.8, 4) is 17.2 Å². The van der Waals surface area contributed by atoms with Crippen LogP contribution in [-0.2, 0) is 16.0 Å². The number of carbonyl (C=O) groups excluding carboxylic acids is 1. The van der Waals surface area contributed by atoms with Crippen LogP contribution in [0.5, 0.6) is 17.2 Å². The summed E-state index contributed by atoms with van der Waals surface area (Å²) in [5.74, 6) is 1.29. The summed E-state index contributed by atoms with van der Waals surface area (Å²) in [6, 6.07) is 2.85. The van der Waals surface area contributed by atoms with Crippen LogP contribution in [-0.4, -0.2) is 33.0 Å². The maximum atomic E-state index is 11.3. The molecule has 1 unspecified atom stereocenters. The Morgan fingerprint density at radius 1 is 1.44 bits per heavy atom. The van der Waals surface area contributed by atoms with E-state index in [0.29, 0.717) is 23.7 Å². The number of carbonyl (C=O) groups is 1. The van der Waals surface area contributed by atoms with E-state index in [1.165, 1.54) is 7.11 Å². The molecule has 98 valence electrons. The highest BCUT2D eigenvalue weighted by atomic mass is 16.7. The van der Waals surface area contributed by atoms with Gasteiger partial charge in [-0.1, -0.05) is 0 Å². The first-order valence-electron chi connectivity index (χ1n) is 5.45. The minimum absolute atomic E-state index is 0.165. The van der Waals surface area contributed by atoms with Crippen LogP contribution in [0, 0.1) is 0 Å². The van der Waals surface area contributed by atoms with Gasteiger partial charge < -0.3 is 24.7 Å². The predicted molar refractivity (Wildman–Crippen MR) is 62.8 cm³/mol. The Bertz CT molecular complexity index is 460. The number of nitrogens with two attached hydrogens (primary N) is 1. The Labute approximate surface area is 105 Å². The number of benzene rings is 1. The monoisotopic (exact) mass is 253 g/mol. The van der Waals surface area contributed by atoms with E-state index in [1.807, 2.05) is 0 Å². The first kappa shape index (κ1) is 12.5. The van der Waals surface area contributed by atoms with Crippen molar-refractivity contribution in [2.45, 2.75) is 12.5 Å². The van der Waals surface area contributed by atoms with Crippen molar-refractivity contribution in [1.82, 2.24) is 0 Å². The summed E-state index contributed by atoms with van der Waals surface area (Å²) < 4.78 is 20.4. The second-order valence-electron chi connectivity index (χ2n) is 3.87. The number of methoxy groups -OCH3 is 2. The summed E-state index contributed by atoms with van der Waals surface area (Å²) in [4.78, 5) is 11.3. The van der Waals surface area contributed by atoms with Crippen molar-refractivity contribution in [2.24, 2.45) is 5.73 Å². The second-order valence-corrected chi connectivity index (χ2v) is 3.87. The first-order chi connectivity index (χ1) is 8.65. The molecule has 0 amide bonds. The van der Waals surface area contributed by atoms with Crippen LogP contribution in [0.2, 0.25) is 0 Å². The largest absolute Gasteiger partial charge is 0.493 e. The van der Waals surface area contributed by atoms with Gasteiger partial charge in [-0.2, -0.15) is 0 Å². The SMILES string of the molecule is COC(=O)C(N)Cc1cc(OC)c2c(c1)OCO2. The molecule has 0 spiro atoms. The molecule has 0 aliphatic carbocycles. The molecule has 2 N–H and O–H groups in total. The maximum Gasteiger partial charge on any atom is 0.322 e. The lowest BCUT2D eigenvalue weighted by Crippen LogP contribution is -2.33. The predicted octanol–water partition coefficient (Wildman–Crippen LogP) is 0.467. The fourth-order valence-electron chi connectivity index (χ4n) is 1.79. The highest BCUT2D eigenvalue weighted by molar-refractivity contribution is 5.75. The van der Waals surface area contributed by atoms with Crippen LogP contribution in [0.4, 0.5) is 0 Å². The lowest BCUT2D eigenvalue weighted by molar-refractivity contribution is -0.142. The van der Waals surface area contributed by atoms with E-state index in [0.717, 1.165) is 5.56 Å². The molecule has 6 nitrogen and oxygen atoms in total. The summed E-state index contributed by atoms with van der Waals surface area (Å²) in [7, 11) is 2.85. The van der Waals surface area contributed by atoms with Crippen molar-refractivity contribution < 1.29 is 23.7 Å². The van der Waals surface area contributed by atoms with E-state index in [4.69, 9.17) is 19.9 Å². The Morgan fingerprint density at radius 3 is 2.89 bits per heavy atom. The van der Waals surface area contributed by atoms with Crippen LogP contribution >= 0.6 is 0 Å². The second kappa shape index (κ2) is 5.14. The molecule has 0 saturated carbocycles. The van der Waals surface area contributed by atoms with Gasteiger partial charge in [0.15, 0.2) is 11.5 Å². The Hall–Kier alpha value is -1.95. The van der Waals surface area contributed by atoms with Crippen LogP contribution in [0.1, 0.15) is 5.56 Å². The van der Waals surface area contributed by atoms with Gasteiger partial charge in [-0.15, -0.1) is 0 Å². The molecular formula is C12H15NO5. The molecule has 1 aliphatic rings. The van der Waals surface area contributed by atoms with E-state index in [2.05, 4.69) is 4.74 Å². The van der Waals surface area contributed by atoms with Gasteiger partial charge in [0.1, 0.15) is 6.04 Å². The summed E-state index contributed by atoms with van der Waals surface area (Å²) in [5, 5.41) is 0. The number of fused-ring (bicyclic) bond motifs is 1. The van der Waals surface area contributed by atoms with Gasteiger partial charge in [-0.3, -0.25) is 4.79 Å². The van der Waals surface area contributed by atoms with Crippen LogP contribution in [0.15, 0.2) is 12.1 Å². The van der Waals surface area contributed by atoms with E-state index >= 15 is 0 Å². The molecule has 18 heavy (non-hydrogen) atoms. The smallest absolute Gasteiger partial charge is 0.322 e. The van der Waals surface area contributed by atoms with Gasteiger partial charge >= 0.3 is 5.97 Å². The van der Waals surface area contributed by atoms with Gasteiger partial charge in [0.05, 0.1) is 14.2 Å². The Morgan fingerprint density at radius 2 is 2.22 bits per heavy atom. The topological polar surface area (TPSA) is 80.0 Å². The molecule has 0 radical (unpaired) electrons. The number of ether oxygens (including phenoxy) is 4. The lowest BCUT2D eigenvalue weighted by atomic mass is 10.1. The van der Waals surface area contributed by atoms with Crippen molar-refractivity contribution >= 4 is 5.97 Å².